The molecule has 0 bridgehead atoms. The Labute approximate surface area is 102 Å². The maximum atomic E-state index is 11.6. The van der Waals surface area contributed by atoms with Crippen LogP contribution in [0.25, 0.3) is 0 Å². The van der Waals surface area contributed by atoms with Gasteiger partial charge in [-0.1, -0.05) is 22.0 Å². The molecule has 1 atom stereocenters. The molecule has 0 amide bonds. The van der Waals surface area contributed by atoms with Crippen LogP contribution >= 0.6 is 15.9 Å². The molecule has 0 N–H and O–H groups in total. The number of rotatable bonds is 5. The van der Waals surface area contributed by atoms with E-state index in [-0.39, 0.29) is 0 Å². The lowest BCUT2D eigenvalue weighted by Crippen LogP contribution is -2.07. The highest BCUT2D eigenvalue weighted by Crippen LogP contribution is 2.17. The molecule has 1 rings (SSSR count). The lowest BCUT2D eigenvalue weighted by atomic mass is 10.1. The second-order valence-corrected chi connectivity index (χ2v) is 5.84. The third-order valence-corrected chi connectivity index (χ3v) is 3.88. The first-order valence-electron chi connectivity index (χ1n) is 4.72. The molecule has 1 aromatic rings. The number of benzene rings is 1. The van der Waals surface area contributed by atoms with Gasteiger partial charge in [0, 0.05) is 33.9 Å². The van der Waals surface area contributed by atoms with E-state index in [0.717, 1.165) is 10.0 Å². The van der Waals surface area contributed by atoms with Crippen molar-refractivity contribution in [1.82, 2.24) is 0 Å². The lowest BCUT2D eigenvalue weighted by molar-refractivity contribution is 0.218. The van der Waals surface area contributed by atoms with E-state index in [1.54, 1.807) is 7.11 Å². The summed E-state index contributed by atoms with van der Waals surface area (Å²) in [5.74, 6) is 1.22. The van der Waals surface area contributed by atoms with E-state index < -0.39 is 10.8 Å². The van der Waals surface area contributed by atoms with Gasteiger partial charge >= 0.3 is 0 Å². The van der Waals surface area contributed by atoms with Crippen molar-refractivity contribution in [3.05, 3.63) is 33.8 Å². The Kier molecular flexibility index (Phi) is 5.50. The zero-order valence-corrected chi connectivity index (χ0v) is 11.4. The summed E-state index contributed by atoms with van der Waals surface area (Å²) in [6.07, 6.45) is 0. The van der Waals surface area contributed by atoms with Crippen LogP contribution in [0.4, 0.5) is 0 Å². The fourth-order valence-electron chi connectivity index (χ4n) is 1.24. The van der Waals surface area contributed by atoms with Crippen molar-refractivity contribution in [2.75, 3.05) is 19.5 Å². The number of hydrogen-bond donors (Lipinski definition) is 0. The van der Waals surface area contributed by atoms with E-state index in [4.69, 9.17) is 4.74 Å². The zero-order chi connectivity index (χ0) is 11.3. The summed E-state index contributed by atoms with van der Waals surface area (Å²) in [6.45, 7) is 2.59. The van der Waals surface area contributed by atoms with Crippen LogP contribution in [-0.2, 0) is 21.3 Å². The van der Waals surface area contributed by atoms with Crippen LogP contribution < -0.4 is 0 Å². The molecule has 0 heterocycles. The predicted octanol–water partition coefficient (Wildman–Crippen LogP) is 2.65. The van der Waals surface area contributed by atoms with E-state index in [1.807, 2.05) is 25.1 Å². The number of aryl methyl sites for hydroxylation is 1. The highest BCUT2D eigenvalue weighted by molar-refractivity contribution is 9.10. The molecule has 1 unspecified atom stereocenters. The molecular formula is C11H15BrO2S. The number of ether oxygens (including phenoxy) is 1. The summed E-state index contributed by atoms with van der Waals surface area (Å²) >= 11 is 3.41. The summed E-state index contributed by atoms with van der Waals surface area (Å²) in [4.78, 5) is 0. The SMILES string of the molecule is COCCS(=O)Cc1ccc(Br)cc1C. The predicted molar refractivity (Wildman–Crippen MR) is 67.5 cm³/mol. The molecule has 0 aliphatic heterocycles. The maximum absolute atomic E-state index is 11.6. The van der Waals surface area contributed by atoms with Gasteiger partial charge in [-0.3, -0.25) is 4.21 Å². The van der Waals surface area contributed by atoms with Gasteiger partial charge in [0.05, 0.1) is 6.61 Å². The van der Waals surface area contributed by atoms with E-state index in [0.29, 0.717) is 18.1 Å². The smallest absolute Gasteiger partial charge is 0.0577 e. The van der Waals surface area contributed by atoms with E-state index in [2.05, 4.69) is 15.9 Å². The van der Waals surface area contributed by atoms with Crippen LogP contribution in [0.1, 0.15) is 11.1 Å². The molecule has 0 fully saturated rings. The Hall–Kier alpha value is -0.190. The summed E-state index contributed by atoms with van der Waals surface area (Å²) in [7, 11) is 0.799. The molecule has 4 heteroatoms. The van der Waals surface area contributed by atoms with Crippen LogP contribution in [-0.4, -0.2) is 23.7 Å². The molecule has 1 aromatic carbocycles. The van der Waals surface area contributed by atoms with Crippen molar-refractivity contribution in [3.63, 3.8) is 0 Å². The van der Waals surface area contributed by atoms with Crippen LogP contribution in [0, 0.1) is 6.92 Å². The molecule has 0 saturated carbocycles. The summed E-state index contributed by atoms with van der Waals surface area (Å²) in [6, 6.07) is 6.04. The molecule has 0 aliphatic rings. The van der Waals surface area contributed by atoms with Crippen molar-refractivity contribution in [2.24, 2.45) is 0 Å². The van der Waals surface area contributed by atoms with Crippen LogP contribution in [0.2, 0.25) is 0 Å². The van der Waals surface area contributed by atoms with Gasteiger partial charge in [0.2, 0.25) is 0 Å². The standard InChI is InChI=1S/C11H15BrO2S/c1-9-7-11(12)4-3-10(9)8-15(13)6-5-14-2/h3-4,7H,5-6,8H2,1-2H3. The number of methoxy groups -OCH3 is 1. The van der Waals surface area contributed by atoms with Gasteiger partial charge in [-0.05, 0) is 30.2 Å². The average Bonchev–Trinajstić information content (AvgIpc) is 2.19. The Bertz CT molecular complexity index is 352. The quantitative estimate of drug-likeness (QED) is 0.833. The third-order valence-electron chi connectivity index (χ3n) is 2.14. The Morgan fingerprint density at radius 3 is 2.80 bits per heavy atom. The minimum absolute atomic E-state index is 0.558. The van der Waals surface area contributed by atoms with Crippen molar-refractivity contribution < 1.29 is 8.95 Å². The van der Waals surface area contributed by atoms with Crippen molar-refractivity contribution in [3.8, 4) is 0 Å². The van der Waals surface area contributed by atoms with Crippen LogP contribution in [0.15, 0.2) is 22.7 Å². The molecule has 2 nitrogen and oxygen atoms in total. The third kappa shape index (κ3) is 4.45. The minimum Gasteiger partial charge on any atom is -0.384 e. The molecule has 0 saturated heterocycles. The molecule has 0 aliphatic carbocycles. The highest BCUT2D eigenvalue weighted by atomic mass is 79.9. The second-order valence-electron chi connectivity index (χ2n) is 3.35. The van der Waals surface area contributed by atoms with E-state index >= 15 is 0 Å². The molecule has 0 aromatic heterocycles. The highest BCUT2D eigenvalue weighted by Gasteiger charge is 2.04. The van der Waals surface area contributed by atoms with Gasteiger partial charge in [0.1, 0.15) is 0 Å². The van der Waals surface area contributed by atoms with Gasteiger partial charge < -0.3 is 4.74 Å². The van der Waals surface area contributed by atoms with Crippen molar-refractivity contribution in [2.45, 2.75) is 12.7 Å². The summed E-state index contributed by atoms with van der Waals surface area (Å²) < 4.78 is 17.6. The average molecular weight is 291 g/mol. The Morgan fingerprint density at radius 2 is 2.20 bits per heavy atom. The first kappa shape index (κ1) is 12.9. The fraction of sp³-hybridized carbons (Fsp3) is 0.455. The Morgan fingerprint density at radius 1 is 1.47 bits per heavy atom. The summed E-state index contributed by atoms with van der Waals surface area (Å²) in [5.41, 5.74) is 2.32. The van der Waals surface area contributed by atoms with Crippen LogP contribution in [0.3, 0.4) is 0 Å². The van der Waals surface area contributed by atoms with Gasteiger partial charge in [0.25, 0.3) is 0 Å². The van der Waals surface area contributed by atoms with Gasteiger partial charge in [-0.2, -0.15) is 0 Å². The van der Waals surface area contributed by atoms with Gasteiger partial charge in [-0.25, -0.2) is 0 Å². The number of hydrogen-bond acceptors (Lipinski definition) is 2. The zero-order valence-electron chi connectivity index (χ0n) is 8.96. The summed E-state index contributed by atoms with van der Waals surface area (Å²) in [5, 5.41) is 0. The number of halogens is 1. The minimum atomic E-state index is -0.828. The van der Waals surface area contributed by atoms with Crippen LogP contribution in [0.5, 0.6) is 0 Å². The topological polar surface area (TPSA) is 26.3 Å². The maximum Gasteiger partial charge on any atom is 0.0577 e. The second kappa shape index (κ2) is 6.40. The molecular weight excluding hydrogens is 276 g/mol. The monoisotopic (exact) mass is 290 g/mol. The van der Waals surface area contributed by atoms with Crippen molar-refractivity contribution in [1.29, 1.82) is 0 Å². The molecule has 84 valence electrons. The van der Waals surface area contributed by atoms with Crippen molar-refractivity contribution >= 4 is 26.7 Å². The van der Waals surface area contributed by atoms with E-state index in [1.165, 1.54) is 5.56 Å². The lowest BCUT2D eigenvalue weighted by Gasteiger charge is -2.06. The molecule has 0 spiro atoms. The fourth-order valence-corrected chi connectivity index (χ4v) is 2.89. The normalized spacial score (nSPS) is 12.7. The van der Waals surface area contributed by atoms with Gasteiger partial charge in [0.15, 0.2) is 0 Å². The van der Waals surface area contributed by atoms with E-state index in [9.17, 15) is 4.21 Å². The first-order chi connectivity index (χ1) is 7.13. The molecule has 15 heavy (non-hydrogen) atoms. The van der Waals surface area contributed by atoms with Gasteiger partial charge in [-0.15, -0.1) is 0 Å². The Balaban J connectivity index is 2.60. The largest absolute Gasteiger partial charge is 0.384 e. The molecule has 0 radical (unpaired) electrons. The first-order valence-corrected chi connectivity index (χ1v) is 7.00.